The molecule has 2 unspecified atom stereocenters. The van der Waals surface area contributed by atoms with Gasteiger partial charge < -0.3 is 15.6 Å². The van der Waals surface area contributed by atoms with Gasteiger partial charge in [0.05, 0.1) is 18.8 Å². The van der Waals surface area contributed by atoms with Gasteiger partial charge in [0.15, 0.2) is 0 Å². The van der Waals surface area contributed by atoms with Crippen LogP contribution in [-0.2, 0) is 0 Å². The zero-order valence-electron chi connectivity index (χ0n) is 11.3. The van der Waals surface area contributed by atoms with Crippen LogP contribution >= 0.6 is 0 Å². The lowest BCUT2D eigenvalue weighted by Gasteiger charge is -2.24. The van der Waals surface area contributed by atoms with E-state index in [-0.39, 0.29) is 18.0 Å². The van der Waals surface area contributed by atoms with Crippen LogP contribution in [-0.4, -0.2) is 18.8 Å². The van der Waals surface area contributed by atoms with Gasteiger partial charge in [-0.3, -0.25) is 0 Å². The maximum absolute atomic E-state index is 14.0. The molecule has 2 rings (SSSR count). The number of benzene rings is 2. The summed E-state index contributed by atoms with van der Waals surface area (Å²) in [5.41, 5.74) is 6.78. The van der Waals surface area contributed by atoms with Crippen molar-refractivity contribution in [1.82, 2.24) is 0 Å². The largest absolute Gasteiger partial charge is 0.496 e. The monoisotopic (exact) mass is 275 g/mol. The van der Waals surface area contributed by atoms with Crippen LogP contribution in [0.5, 0.6) is 5.75 Å². The lowest BCUT2D eigenvalue weighted by atomic mass is 9.88. The number of halogens is 1. The molecule has 0 amide bonds. The summed E-state index contributed by atoms with van der Waals surface area (Å²) < 4.78 is 19.2. The van der Waals surface area contributed by atoms with Gasteiger partial charge in [0, 0.05) is 12.5 Å². The van der Waals surface area contributed by atoms with E-state index in [1.54, 1.807) is 12.1 Å². The minimum absolute atomic E-state index is 0.148. The second-order valence-corrected chi connectivity index (χ2v) is 4.55. The topological polar surface area (TPSA) is 55.5 Å². The fraction of sp³-hybridized carbons (Fsp3) is 0.250. The summed E-state index contributed by atoms with van der Waals surface area (Å²) in [7, 11) is 1.45. The van der Waals surface area contributed by atoms with Gasteiger partial charge in [-0.1, -0.05) is 36.4 Å². The van der Waals surface area contributed by atoms with E-state index in [1.807, 2.05) is 30.3 Å². The third-order valence-corrected chi connectivity index (χ3v) is 3.39. The molecule has 4 heteroatoms. The Labute approximate surface area is 117 Å². The fourth-order valence-corrected chi connectivity index (χ4v) is 2.33. The van der Waals surface area contributed by atoms with Crippen LogP contribution in [0.25, 0.3) is 0 Å². The second kappa shape index (κ2) is 6.50. The summed E-state index contributed by atoms with van der Waals surface area (Å²) in [6.07, 6.45) is -1.06. The molecule has 0 fully saturated rings. The standard InChI is InChI=1S/C16H18FNO2/c1-20-14-9-5-8-13(17)15(14)16(19)12(10-18)11-6-3-2-4-7-11/h2-9,12,16,19H,10,18H2,1H3. The van der Waals surface area contributed by atoms with Gasteiger partial charge in [0.1, 0.15) is 11.6 Å². The molecule has 0 bridgehead atoms. The first-order valence-corrected chi connectivity index (χ1v) is 6.44. The van der Waals surface area contributed by atoms with Gasteiger partial charge in [-0.05, 0) is 17.7 Å². The predicted molar refractivity (Wildman–Crippen MR) is 76.1 cm³/mol. The number of hydrogen-bond acceptors (Lipinski definition) is 3. The highest BCUT2D eigenvalue weighted by Crippen LogP contribution is 2.36. The summed E-state index contributed by atoms with van der Waals surface area (Å²) in [5, 5.41) is 10.5. The maximum Gasteiger partial charge on any atom is 0.132 e. The van der Waals surface area contributed by atoms with Crippen LogP contribution in [0.1, 0.15) is 23.1 Å². The van der Waals surface area contributed by atoms with Gasteiger partial charge in [-0.25, -0.2) is 4.39 Å². The molecule has 0 aliphatic carbocycles. The van der Waals surface area contributed by atoms with Gasteiger partial charge in [0.2, 0.25) is 0 Å². The normalized spacial score (nSPS) is 13.8. The first kappa shape index (κ1) is 14.5. The quantitative estimate of drug-likeness (QED) is 0.882. The Morgan fingerprint density at radius 1 is 1.15 bits per heavy atom. The molecule has 106 valence electrons. The maximum atomic E-state index is 14.0. The molecule has 2 aromatic carbocycles. The number of ether oxygens (including phenoxy) is 1. The van der Waals surface area contributed by atoms with E-state index < -0.39 is 11.9 Å². The van der Waals surface area contributed by atoms with Crippen LogP contribution in [0.3, 0.4) is 0 Å². The fourth-order valence-electron chi connectivity index (χ4n) is 2.33. The number of hydrogen-bond donors (Lipinski definition) is 2. The molecular formula is C16H18FNO2. The summed E-state index contributed by atoms with van der Waals surface area (Å²) >= 11 is 0. The van der Waals surface area contributed by atoms with Crippen molar-refractivity contribution in [2.45, 2.75) is 12.0 Å². The Hall–Kier alpha value is -1.91. The molecule has 0 aliphatic rings. The predicted octanol–water partition coefficient (Wildman–Crippen LogP) is 2.61. The minimum atomic E-state index is -1.06. The zero-order valence-corrected chi connectivity index (χ0v) is 11.3. The zero-order chi connectivity index (χ0) is 14.5. The molecule has 0 aromatic heterocycles. The molecule has 3 N–H and O–H groups in total. The SMILES string of the molecule is COc1cccc(F)c1C(O)C(CN)c1ccccc1. The van der Waals surface area contributed by atoms with Crippen LogP contribution in [0.4, 0.5) is 4.39 Å². The minimum Gasteiger partial charge on any atom is -0.496 e. The smallest absolute Gasteiger partial charge is 0.132 e. The van der Waals surface area contributed by atoms with Gasteiger partial charge in [-0.15, -0.1) is 0 Å². The third kappa shape index (κ3) is 2.81. The Balaban J connectivity index is 2.41. The first-order chi connectivity index (χ1) is 9.69. The van der Waals surface area contributed by atoms with Gasteiger partial charge in [0.25, 0.3) is 0 Å². The molecule has 0 saturated heterocycles. The average Bonchev–Trinajstić information content (AvgIpc) is 2.48. The molecule has 2 atom stereocenters. The number of aliphatic hydroxyl groups excluding tert-OH is 1. The number of methoxy groups -OCH3 is 1. The van der Waals surface area contributed by atoms with E-state index in [2.05, 4.69) is 0 Å². The summed E-state index contributed by atoms with van der Waals surface area (Å²) in [4.78, 5) is 0. The number of aliphatic hydroxyl groups is 1. The van der Waals surface area contributed by atoms with E-state index in [9.17, 15) is 9.50 Å². The molecule has 3 nitrogen and oxygen atoms in total. The average molecular weight is 275 g/mol. The highest BCUT2D eigenvalue weighted by atomic mass is 19.1. The van der Waals surface area contributed by atoms with Crippen LogP contribution in [0.2, 0.25) is 0 Å². The highest BCUT2D eigenvalue weighted by molar-refractivity contribution is 5.39. The Bertz CT molecular complexity index is 560. The lowest BCUT2D eigenvalue weighted by Crippen LogP contribution is -2.21. The Morgan fingerprint density at radius 3 is 2.45 bits per heavy atom. The van der Waals surface area contributed by atoms with Gasteiger partial charge >= 0.3 is 0 Å². The van der Waals surface area contributed by atoms with Crippen molar-refractivity contribution in [2.75, 3.05) is 13.7 Å². The van der Waals surface area contributed by atoms with Crippen molar-refractivity contribution >= 4 is 0 Å². The number of rotatable bonds is 5. The van der Waals surface area contributed by atoms with E-state index >= 15 is 0 Å². The van der Waals surface area contributed by atoms with Crippen LogP contribution in [0.15, 0.2) is 48.5 Å². The molecule has 0 radical (unpaired) electrons. The summed E-state index contributed by atoms with van der Waals surface area (Å²) in [6, 6.07) is 13.8. The molecule has 0 saturated carbocycles. The van der Waals surface area contributed by atoms with Crippen molar-refractivity contribution < 1.29 is 14.2 Å². The molecular weight excluding hydrogens is 257 g/mol. The second-order valence-electron chi connectivity index (χ2n) is 4.55. The van der Waals surface area contributed by atoms with E-state index in [1.165, 1.54) is 13.2 Å². The Kier molecular flexibility index (Phi) is 4.71. The highest BCUT2D eigenvalue weighted by Gasteiger charge is 2.26. The summed E-state index contributed by atoms with van der Waals surface area (Å²) in [5.74, 6) is -0.555. The van der Waals surface area contributed by atoms with E-state index in [0.717, 1.165) is 5.56 Å². The molecule has 0 aliphatic heterocycles. The van der Waals surface area contributed by atoms with Crippen LogP contribution < -0.4 is 10.5 Å². The lowest BCUT2D eigenvalue weighted by molar-refractivity contribution is 0.139. The first-order valence-electron chi connectivity index (χ1n) is 6.44. The molecule has 0 heterocycles. The third-order valence-electron chi connectivity index (χ3n) is 3.39. The van der Waals surface area contributed by atoms with Crippen molar-refractivity contribution in [3.8, 4) is 5.75 Å². The number of nitrogens with two attached hydrogens (primary N) is 1. The van der Waals surface area contributed by atoms with Crippen molar-refractivity contribution in [3.63, 3.8) is 0 Å². The van der Waals surface area contributed by atoms with E-state index in [0.29, 0.717) is 5.75 Å². The van der Waals surface area contributed by atoms with Gasteiger partial charge in [-0.2, -0.15) is 0 Å². The molecule has 20 heavy (non-hydrogen) atoms. The Morgan fingerprint density at radius 2 is 1.85 bits per heavy atom. The van der Waals surface area contributed by atoms with E-state index in [4.69, 9.17) is 10.5 Å². The van der Waals surface area contributed by atoms with Crippen molar-refractivity contribution in [2.24, 2.45) is 5.73 Å². The van der Waals surface area contributed by atoms with Crippen molar-refractivity contribution in [3.05, 3.63) is 65.5 Å². The van der Waals surface area contributed by atoms with Crippen LogP contribution in [0, 0.1) is 5.82 Å². The summed E-state index contributed by atoms with van der Waals surface area (Å²) in [6.45, 7) is 0.211. The molecule has 0 spiro atoms. The molecule has 2 aromatic rings. The van der Waals surface area contributed by atoms with Crippen molar-refractivity contribution in [1.29, 1.82) is 0 Å².